The van der Waals surface area contributed by atoms with Crippen LogP contribution in [0.2, 0.25) is 0 Å². The predicted molar refractivity (Wildman–Crippen MR) is 137 cm³/mol. The van der Waals surface area contributed by atoms with Gasteiger partial charge >= 0.3 is 0 Å². The molecule has 2 heterocycles. The molecule has 0 radical (unpaired) electrons. The normalized spacial score (nSPS) is 14.1. The van der Waals surface area contributed by atoms with Gasteiger partial charge in [-0.25, -0.2) is 4.98 Å². The van der Waals surface area contributed by atoms with E-state index in [1.165, 1.54) is 11.3 Å². The molecule has 1 N–H and O–H groups in total. The van der Waals surface area contributed by atoms with Gasteiger partial charge in [-0.1, -0.05) is 78.1 Å². The van der Waals surface area contributed by atoms with Gasteiger partial charge < -0.3 is 15.0 Å². The molecule has 6 nitrogen and oxygen atoms in total. The summed E-state index contributed by atoms with van der Waals surface area (Å²) < 4.78 is 5.47. The van der Waals surface area contributed by atoms with Gasteiger partial charge in [0.2, 0.25) is 0 Å². The van der Waals surface area contributed by atoms with E-state index < -0.39 is 5.91 Å². The molecule has 0 aliphatic carbocycles. The summed E-state index contributed by atoms with van der Waals surface area (Å²) in [6, 6.07) is 25.4. The Bertz CT molecular complexity index is 1390. The number of hydrogen-bond donors (Lipinski definition) is 1. The van der Waals surface area contributed by atoms with Crippen molar-refractivity contribution >= 4 is 44.9 Å². The summed E-state index contributed by atoms with van der Waals surface area (Å²) in [6.07, 6.45) is 1.64. The van der Waals surface area contributed by atoms with Crippen LogP contribution in [0.5, 0.6) is 0 Å². The Hall–Kier alpha value is -3.99. The summed E-state index contributed by atoms with van der Waals surface area (Å²) >= 11 is 1.48. The fourth-order valence-corrected chi connectivity index (χ4v) is 5.00. The first-order valence-corrected chi connectivity index (χ1v) is 11.8. The van der Waals surface area contributed by atoms with Gasteiger partial charge in [0.25, 0.3) is 5.91 Å². The third kappa shape index (κ3) is 4.55. The monoisotopic (exact) mass is 466 g/mol. The third-order valence-electron chi connectivity index (χ3n) is 5.65. The Kier molecular flexibility index (Phi) is 6.34. The van der Waals surface area contributed by atoms with Crippen molar-refractivity contribution < 1.29 is 9.53 Å². The van der Waals surface area contributed by atoms with E-state index in [1.807, 2.05) is 72.8 Å². The van der Waals surface area contributed by atoms with E-state index in [-0.39, 0.29) is 5.57 Å². The van der Waals surface area contributed by atoms with Crippen molar-refractivity contribution in [1.29, 1.82) is 5.26 Å². The highest BCUT2D eigenvalue weighted by Crippen LogP contribution is 2.35. The van der Waals surface area contributed by atoms with Crippen molar-refractivity contribution in [3.05, 3.63) is 83.2 Å². The van der Waals surface area contributed by atoms with Gasteiger partial charge in [-0.15, -0.1) is 0 Å². The number of thiazole rings is 1. The molecule has 1 amide bonds. The second kappa shape index (κ2) is 9.87. The largest absolute Gasteiger partial charge is 0.378 e. The number of nitriles is 1. The maximum atomic E-state index is 13.1. The van der Waals surface area contributed by atoms with Crippen LogP contribution in [0.4, 0.5) is 10.8 Å². The number of anilines is 2. The second-order valence-electron chi connectivity index (χ2n) is 7.83. The quantitative estimate of drug-likeness (QED) is 0.317. The Morgan fingerprint density at radius 1 is 1.03 bits per heavy atom. The molecule has 1 saturated heterocycles. The number of carbonyl (C=O) groups is 1. The van der Waals surface area contributed by atoms with Crippen LogP contribution in [0.15, 0.2) is 78.4 Å². The molecule has 0 spiro atoms. The van der Waals surface area contributed by atoms with E-state index in [2.05, 4.69) is 16.3 Å². The predicted octanol–water partition coefficient (Wildman–Crippen LogP) is 5.35. The lowest BCUT2D eigenvalue weighted by Crippen LogP contribution is -2.36. The van der Waals surface area contributed by atoms with Crippen LogP contribution in [-0.4, -0.2) is 37.2 Å². The van der Waals surface area contributed by atoms with Gasteiger partial charge in [0.1, 0.15) is 11.6 Å². The molecule has 4 aromatic rings. The molecule has 5 rings (SSSR count). The lowest BCUT2D eigenvalue weighted by atomic mass is 10.1. The number of nitrogens with zero attached hydrogens (tertiary/aromatic N) is 3. The Morgan fingerprint density at radius 2 is 1.76 bits per heavy atom. The van der Waals surface area contributed by atoms with Gasteiger partial charge in [-0.2, -0.15) is 5.26 Å². The highest BCUT2D eigenvalue weighted by atomic mass is 32.1. The molecule has 7 heteroatoms. The van der Waals surface area contributed by atoms with E-state index >= 15 is 0 Å². The van der Waals surface area contributed by atoms with E-state index in [9.17, 15) is 10.1 Å². The summed E-state index contributed by atoms with van der Waals surface area (Å²) in [7, 11) is 0. The van der Waals surface area contributed by atoms with Crippen molar-refractivity contribution in [2.45, 2.75) is 0 Å². The van der Waals surface area contributed by atoms with Gasteiger partial charge in [-0.3, -0.25) is 4.79 Å². The second-order valence-corrected chi connectivity index (χ2v) is 8.83. The molecule has 0 bridgehead atoms. The molecule has 1 fully saturated rings. The van der Waals surface area contributed by atoms with Crippen molar-refractivity contribution in [1.82, 2.24) is 4.98 Å². The molecule has 1 aliphatic heterocycles. The summed E-state index contributed by atoms with van der Waals surface area (Å²) in [5.74, 6) is -0.445. The minimum Gasteiger partial charge on any atom is -0.378 e. The molecular weight excluding hydrogens is 444 g/mol. The zero-order chi connectivity index (χ0) is 23.3. The van der Waals surface area contributed by atoms with Crippen LogP contribution in [0.1, 0.15) is 4.88 Å². The molecule has 1 aromatic heterocycles. The number of benzene rings is 3. The minimum absolute atomic E-state index is 0.0299. The SMILES string of the molecule is N#C/C(=C/c1sc(N2CCOCC2)nc1-c1ccccc1)C(=O)Nc1cccc2ccccc12. The topological polar surface area (TPSA) is 78.2 Å². The zero-order valence-corrected chi connectivity index (χ0v) is 19.2. The van der Waals surface area contributed by atoms with Gasteiger partial charge in [-0.05, 0) is 17.5 Å². The summed E-state index contributed by atoms with van der Waals surface area (Å²) in [5, 5.41) is 15.6. The molecule has 3 aromatic carbocycles. The van der Waals surface area contributed by atoms with Crippen LogP contribution in [0, 0.1) is 11.3 Å². The van der Waals surface area contributed by atoms with Crippen LogP contribution < -0.4 is 10.2 Å². The summed E-state index contributed by atoms with van der Waals surface area (Å²) in [5.41, 5.74) is 2.40. The number of rotatable bonds is 5. The highest BCUT2D eigenvalue weighted by molar-refractivity contribution is 7.17. The number of morpholine rings is 1. The Balaban J connectivity index is 1.50. The molecular formula is C27H22N4O2S. The average molecular weight is 467 g/mol. The molecule has 0 atom stereocenters. The number of amides is 1. The molecule has 0 saturated carbocycles. The van der Waals surface area contributed by atoms with Crippen LogP contribution >= 0.6 is 11.3 Å². The number of fused-ring (bicyclic) bond motifs is 1. The van der Waals surface area contributed by atoms with Crippen LogP contribution in [-0.2, 0) is 9.53 Å². The number of hydrogen-bond acceptors (Lipinski definition) is 6. The third-order valence-corrected chi connectivity index (χ3v) is 6.71. The smallest absolute Gasteiger partial charge is 0.266 e. The number of aromatic nitrogens is 1. The van der Waals surface area contributed by atoms with Gasteiger partial charge in [0, 0.05) is 29.7 Å². The fraction of sp³-hybridized carbons (Fsp3) is 0.148. The van der Waals surface area contributed by atoms with E-state index in [0.29, 0.717) is 18.9 Å². The van der Waals surface area contributed by atoms with Crippen molar-refractivity contribution in [2.75, 3.05) is 36.5 Å². The first-order chi connectivity index (χ1) is 16.7. The molecule has 168 valence electrons. The summed E-state index contributed by atoms with van der Waals surface area (Å²) in [6.45, 7) is 2.83. The van der Waals surface area contributed by atoms with E-state index in [4.69, 9.17) is 9.72 Å². The molecule has 34 heavy (non-hydrogen) atoms. The molecule has 0 unspecified atom stereocenters. The van der Waals surface area contributed by atoms with Gasteiger partial charge in [0.05, 0.1) is 23.8 Å². The Morgan fingerprint density at radius 3 is 2.56 bits per heavy atom. The number of ether oxygens (including phenoxy) is 1. The fourth-order valence-electron chi connectivity index (χ4n) is 3.91. The lowest BCUT2D eigenvalue weighted by molar-refractivity contribution is -0.112. The zero-order valence-electron chi connectivity index (χ0n) is 18.4. The summed E-state index contributed by atoms with van der Waals surface area (Å²) in [4.78, 5) is 20.9. The standard InChI is InChI=1S/C27H22N4O2S/c28-18-21(26(32)29-23-12-6-10-19-7-4-5-11-22(19)23)17-24-25(20-8-2-1-3-9-20)30-27(34-24)31-13-15-33-16-14-31/h1-12,17H,13-16H2,(H,29,32)/b21-17-. The maximum absolute atomic E-state index is 13.1. The van der Waals surface area contributed by atoms with Crippen molar-refractivity contribution in [3.63, 3.8) is 0 Å². The van der Waals surface area contributed by atoms with Crippen LogP contribution in [0.25, 0.3) is 28.1 Å². The van der Waals surface area contributed by atoms with Crippen LogP contribution in [0.3, 0.4) is 0 Å². The van der Waals surface area contributed by atoms with Crippen molar-refractivity contribution in [2.24, 2.45) is 0 Å². The van der Waals surface area contributed by atoms with Crippen molar-refractivity contribution in [3.8, 4) is 17.3 Å². The molecule has 1 aliphatic rings. The number of carbonyl (C=O) groups excluding carboxylic acids is 1. The minimum atomic E-state index is -0.445. The van der Waals surface area contributed by atoms with E-state index in [0.717, 1.165) is 45.1 Å². The first kappa shape index (κ1) is 21.8. The Labute approximate surface area is 201 Å². The number of nitrogens with one attached hydrogen (secondary N) is 1. The first-order valence-electron chi connectivity index (χ1n) is 11.0. The average Bonchev–Trinajstić information content (AvgIpc) is 3.32. The van der Waals surface area contributed by atoms with Gasteiger partial charge in [0.15, 0.2) is 5.13 Å². The highest BCUT2D eigenvalue weighted by Gasteiger charge is 2.20. The lowest BCUT2D eigenvalue weighted by Gasteiger charge is -2.26. The maximum Gasteiger partial charge on any atom is 0.266 e. The van der Waals surface area contributed by atoms with E-state index in [1.54, 1.807) is 6.08 Å².